The van der Waals surface area contributed by atoms with Crippen LogP contribution in [0.15, 0.2) is 76.7 Å². The van der Waals surface area contributed by atoms with Crippen molar-refractivity contribution in [2.75, 3.05) is 0 Å². The van der Waals surface area contributed by atoms with Crippen LogP contribution >= 0.6 is 11.8 Å². The lowest BCUT2D eigenvalue weighted by Crippen LogP contribution is -2.23. The number of halogens is 5. The summed E-state index contributed by atoms with van der Waals surface area (Å²) in [5.41, 5.74) is 2.89. The Balaban J connectivity index is 1.29. The Labute approximate surface area is 253 Å². The molecule has 1 aliphatic carbocycles. The largest absolute Gasteiger partial charge is 0.416 e. The minimum atomic E-state index is -4.39. The van der Waals surface area contributed by atoms with Crippen molar-refractivity contribution < 1.29 is 22.0 Å². The normalized spacial score (nSPS) is 13.0. The van der Waals surface area contributed by atoms with Crippen molar-refractivity contribution in [3.63, 3.8) is 0 Å². The average Bonchev–Trinajstić information content (AvgIpc) is 3.67. The lowest BCUT2D eigenvalue weighted by atomic mass is 10.0. The molecule has 44 heavy (non-hydrogen) atoms. The second-order valence-corrected chi connectivity index (χ2v) is 11.3. The molecule has 0 atom stereocenters. The Morgan fingerprint density at radius 1 is 0.864 bits per heavy atom. The third-order valence-electron chi connectivity index (χ3n) is 7.72. The van der Waals surface area contributed by atoms with Crippen LogP contribution in [-0.2, 0) is 37.9 Å². The van der Waals surface area contributed by atoms with Gasteiger partial charge in [0.1, 0.15) is 0 Å². The number of fused-ring (bicyclic) bond motifs is 1. The lowest BCUT2D eigenvalue weighted by Gasteiger charge is -2.17. The van der Waals surface area contributed by atoms with Crippen molar-refractivity contribution in [3.05, 3.63) is 117 Å². The van der Waals surface area contributed by atoms with Gasteiger partial charge >= 0.3 is 6.18 Å². The number of benzene rings is 3. The van der Waals surface area contributed by atoms with E-state index in [1.807, 2.05) is 40.3 Å². The van der Waals surface area contributed by atoms with E-state index in [0.29, 0.717) is 47.3 Å². The van der Waals surface area contributed by atoms with Crippen molar-refractivity contribution in [2.24, 2.45) is 0 Å². The number of rotatable bonds is 8. The first-order valence-corrected chi connectivity index (χ1v) is 15.0. The summed E-state index contributed by atoms with van der Waals surface area (Å²) in [6.07, 6.45) is -2.26. The highest BCUT2D eigenvalue weighted by atomic mass is 32.2. The van der Waals surface area contributed by atoms with E-state index in [1.165, 1.54) is 36.0 Å². The van der Waals surface area contributed by atoms with Crippen molar-refractivity contribution in [2.45, 2.75) is 56.4 Å². The number of thioether (sulfide) groups is 1. The highest BCUT2D eigenvalue weighted by Crippen LogP contribution is 2.32. The summed E-state index contributed by atoms with van der Waals surface area (Å²) in [7, 11) is 0. The Hall–Kier alpha value is -4.32. The topological polar surface area (TPSA) is 65.6 Å². The van der Waals surface area contributed by atoms with E-state index >= 15 is 0 Å². The molecule has 5 aromatic rings. The minimum absolute atomic E-state index is 0.0891. The van der Waals surface area contributed by atoms with E-state index in [9.17, 15) is 26.7 Å². The molecule has 2 aromatic heterocycles. The van der Waals surface area contributed by atoms with Crippen LogP contribution in [0.4, 0.5) is 22.0 Å². The Morgan fingerprint density at radius 3 is 2.23 bits per heavy atom. The lowest BCUT2D eigenvalue weighted by molar-refractivity contribution is -0.137. The van der Waals surface area contributed by atoms with Gasteiger partial charge in [-0.1, -0.05) is 60.3 Å². The number of alkyl halides is 3. The Kier molecular flexibility index (Phi) is 8.10. The first-order valence-electron chi connectivity index (χ1n) is 14.0. The second-order valence-electron chi connectivity index (χ2n) is 10.4. The summed E-state index contributed by atoms with van der Waals surface area (Å²) >= 11 is 1.17. The summed E-state index contributed by atoms with van der Waals surface area (Å²) < 4.78 is 70.9. The molecule has 3 aromatic carbocycles. The zero-order valence-electron chi connectivity index (χ0n) is 23.5. The predicted molar refractivity (Wildman–Crippen MR) is 157 cm³/mol. The van der Waals surface area contributed by atoms with Crippen LogP contribution in [0.2, 0.25) is 0 Å². The van der Waals surface area contributed by atoms with Gasteiger partial charge in [0.25, 0.3) is 5.56 Å². The number of aromatic nitrogens is 5. The standard InChI is InChI=1S/C32H26F5N5OS/c1-2-41-27(39-40-29(41)21-11-9-19(10-12-21)20-13-15-23(16-14-20)32(35,36)37)17-42-26-8-4-6-24(26)30(43)38-31(42)44-18-22-5-3-7-25(33)28(22)34/h3,5,7,9-16H,2,4,6,8,17-18H2,1H3. The van der Waals surface area contributed by atoms with Gasteiger partial charge in [0.2, 0.25) is 0 Å². The third kappa shape index (κ3) is 5.78. The molecular formula is C32H26F5N5OS. The number of hydrogen-bond donors (Lipinski definition) is 0. The third-order valence-corrected chi connectivity index (χ3v) is 8.75. The zero-order chi connectivity index (χ0) is 31.0. The summed E-state index contributed by atoms with van der Waals surface area (Å²) in [5.74, 6) is -0.518. The fraction of sp³-hybridized carbons (Fsp3) is 0.250. The van der Waals surface area contributed by atoms with Crippen molar-refractivity contribution >= 4 is 11.8 Å². The highest BCUT2D eigenvalue weighted by Gasteiger charge is 2.30. The smallest absolute Gasteiger partial charge is 0.316 e. The molecule has 0 amide bonds. The molecular weight excluding hydrogens is 597 g/mol. The fourth-order valence-electron chi connectivity index (χ4n) is 5.46. The van der Waals surface area contributed by atoms with Gasteiger partial charge in [-0.3, -0.25) is 4.79 Å². The van der Waals surface area contributed by atoms with E-state index in [4.69, 9.17) is 0 Å². The molecule has 6 rings (SSSR count). The molecule has 0 spiro atoms. The van der Waals surface area contributed by atoms with Gasteiger partial charge in [-0.15, -0.1) is 10.2 Å². The van der Waals surface area contributed by atoms with Crippen LogP contribution in [0.25, 0.3) is 22.5 Å². The van der Waals surface area contributed by atoms with E-state index in [1.54, 1.807) is 0 Å². The van der Waals surface area contributed by atoms with Gasteiger partial charge < -0.3 is 9.13 Å². The maximum Gasteiger partial charge on any atom is 0.416 e. The van der Waals surface area contributed by atoms with Crippen LogP contribution in [-0.4, -0.2) is 24.3 Å². The maximum absolute atomic E-state index is 14.4. The van der Waals surface area contributed by atoms with Crippen molar-refractivity contribution in [1.82, 2.24) is 24.3 Å². The summed E-state index contributed by atoms with van der Waals surface area (Å²) in [4.78, 5) is 17.1. The molecule has 0 aliphatic heterocycles. The van der Waals surface area contributed by atoms with Crippen molar-refractivity contribution in [3.8, 4) is 22.5 Å². The first kappa shape index (κ1) is 29.7. The van der Waals surface area contributed by atoms with Gasteiger partial charge in [0.15, 0.2) is 28.4 Å². The summed E-state index contributed by atoms with van der Waals surface area (Å²) in [5, 5.41) is 9.31. The van der Waals surface area contributed by atoms with Crippen LogP contribution in [0, 0.1) is 11.6 Å². The summed E-state index contributed by atoms with van der Waals surface area (Å²) in [6.45, 7) is 2.78. The SMILES string of the molecule is CCn1c(Cn2c(SCc3cccc(F)c3F)nc(=O)c3c2CCC3)nnc1-c1ccc(-c2ccc(C(F)(F)F)cc2)cc1. The molecule has 0 bridgehead atoms. The second kappa shape index (κ2) is 12.0. The van der Waals surface area contributed by atoms with E-state index in [2.05, 4.69) is 15.2 Å². The van der Waals surface area contributed by atoms with Crippen LogP contribution in [0.3, 0.4) is 0 Å². The Morgan fingerprint density at radius 2 is 1.55 bits per heavy atom. The molecule has 2 heterocycles. The molecule has 0 N–H and O–H groups in total. The molecule has 6 nitrogen and oxygen atoms in total. The summed E-state index contributed by atoms with van der Waals surface area (Å²) in [6, 6.07) is 16.4. The monoisotopic (exact) mass is 623 g/mol. The van der Waals surface area contributed by atoms with Crippen LogP contribution < -0.4 is 5.56 Å². The van der Waals surface area contributed by atoms with Gasteiger partial charge in [0, 0.05) is 34.7 Å². The molecule has 0 unspecified atom stereocenters. The zero-order valence-corrected chi connectivity index (χ0v) is 24.4. The molecule has 0 saturated heterocycles. The van der Waals surface area contributed by atoms with Gasteiger partial charge in [0.05, 0.1) is 12.1 Å². The number of hydrogen-bond acceptors (Lipinski definition) is 5. The maximum atomic E-state index is 14.4. The van der Waals surface area contributed by atoms with Gasteiger partial charge in [-0.2, -0.15) is 18.2 Å². The Bertz CT molecular complexity index is 1880. The van der Waals surface area contributed by atoms with Crippen LogP contribution in [0.1, 0.15) is 41.6 Å². The fourth-order valence-corrected chi connectivity index (χ4v) is 6.45. The molecule has 0 fully saturated rings. The van der Waals surface area contributed by atoms with Gasteiger partial charge in [-0.25, -0.2) is 8.78 Å². The highest BCUT2D eigenvalue weighted by molar-refractivity contribution is 7.98. The van der Waals surface area contributed by atoms with Crippen LogP contribution in [0.5, 0.6) is 0 Å². The predicted octanol–water partition coefficient (Wildman–Crippen LogP) is 7.32. The number of nitrogens with zero attached hydrogens (tertiary/aromatic N) is 5. The average molecular weight is 624 g/mol. The van der Waals surface area contributed by atoms with E-state index in [0.717, 1.165) is 41.4 Å². The van der Waals surface area contributed by atoms with Gasteiger partial charge in [-0.05, 0) is 55.5 Å². The molecule has 0 radical (unpaired) electrons. The molecule has 1 aliphatic rings. The quantitative estimate of drug-likeness (QED) is 0.103. The molecule has 12 heteroatoms. The minimum Gasteiger partial charge on any atom is -0.316 e. The molecule has 226 valence electrons. The first-order chi connectivity index (χ1) is 21.1. The van der Waals surface area contributed by atoms with E-state index < -0.39 is 23.4 Å². The van der Waals surface area contributed by atoms with Crippen molar-refractivity contribution in [1.29, 1.82) is 0 Å². The molecule has 0 saturated carbocycles. The van der Waals surface area contributed by atoms with E-state index in [-0.39, 0.29) is 23.4 Å².